The standard InChI is InChI=1S/2C10H23O4P.Ni/c2*1-3-5-7-9-13-15(11,12)14-10-8-6-4-2;/h2*3-10H2,1-2H3,(H,11,12);/q;;+2/p-2. The third-order valence-electron chi connectivity index (χ3n) is 3.99. The minimum Gasteiger partial charge on any atom is -0.756 e. The minimum atomic E-state index is -4.02. The van der Waals surface area contributed by atoms with Gasteiger partial charge in [-0.1, -0.05) is 79.1 Å². The van der Waals surface area contributed by atoms with Crippen LogP contribution in [-0.2, 0) is 43.7 Å². The van der Waals surface area contributed by atoms with Crippen LogP contribution in [0.1, 0.15) is 105 Å². The Morgan fingerprint density at radius 1 is 0.484 bits per heavy atom. The van der Waals surface area contributed by atoms with E-state index in [0.717, 1.165) is 77.0 Å². The molecule has 0 radical (unpaired) electrons. The van der Waals surface area contributed by atoms with Crippen molar-refractivity contribution >= 4 is 15.6 Å². The second-order valence-corrected chi connectivity index (χ2v) is 9.88. The van der Waals surface area contributed by atoms with Crippen LogP contribution in [0.5, 0.6) is 0 Å². The SMILES string of the molecule is CCCCCOP(=O)([O-])OCCCCC.CCCCCOP(=O)([O-])OCCCCC.[Ni+2]. The van der Waals surface area contributed by atoms with Gasteiger partial charge in [0, 0.05) is 0 Å². The van der Waals surface area contributed by atoms with Gasteiger partial charge < -0.3 is 27.9 Å². The maximum Gasteiger partial charge on any atom is 2.00 e. The molecular formula is C20H44NiO8P2. The van der Waals surface area contributed by atoms with E-state index in [9.17, 15) is 18.9 Å². The second kappa shape index (κ2) is 25.3. The molecule has 11 heteroatoms. The Balaban J connectivity index is -0.000000490. The van der Waals surface area contributed by atoms with Crippen LogP contribution in [0.25, 0.3) is 0 Å². The molecule has 0 amide bonds. The van der Waals surface area contributed by atoms with E-state index in [2.05, 4.69) is 45.8 Å². The topological polar surface area (TPSA) is 117 Å². The van der Waals surface area contributed by atoms with E-state index in [1.54, 1.807) is 0 Å². The van der Waals surface area contributed by atoms with Crippen molar-refractivity contribution in [2.75, 3.05) is 26.4 Å². The molecule has 0 N–H and O–H groups in total. The fraction of sp³-hybridized carbons (Fsp3) is 1.00. The molecule has 0 aromatic heterocycles. The van der Waals surface area contributed by atoms with Gasteiger partial charge >= 0.3 is 16.5 Å². The van der Waals surface area contributed by atoms with Gasteiger partial charge in [0.2, 0.25) is 0 Å². The molecule has 0 unspecified atom stereocenters. The molecule has 0 aromatic carbocycles. The van der Waals surface area contributed by atoms with Crippen molar-refractivity contribution in [3.63, 3.8) is 0 Å². The van der Waals surface area contributed by atoms with Gasteiger partial charge in [-0.2, -0.15) is 0 Å². The average molecular weight is 533 g/mol. The van der Waals surface area contributed by atoms with E-state index in [1.165, 1.54) is 0 Å². The van der Waals surface area contributed by atoms with Crippen LogP contribution in [0, 0.1) is 0 Å². The summed E-state index contributed by atoms with van der Waals surface area (Å²) in [4.78, 5) is 22.3. The second-order valence-electron chi connectivity index (χ2n) is 7.06. The van der Waals surface area contributed by atoms with E-state index in [-0.39, 0.29) is 42.9 Å². The van der Waals surface area contributed by atoms with Gasteiger partial charge in [-0.25, -0.2) is 0 Å². The predicted octanol–water partition coefficient (Wildman–Crippen LogP) is 5.73. The van der Waals surface area contributed by atoms with Gasteiger partial charge in [-0.05, 0) is 25.7 Å². The van der Waals surface area contributed by atoms with Gasteiger partial charge in [0.1, 0.15) is 0 Å². The molecule has 0 aliphatic carbocycles. The Hall–Kier alpha value is 0.714. The molecule has 192 valence electrons. The Kier molecular flexibility index (Phi) is 29.7. The smallest absolute Gasteiger partial charge is 0.756 e. The first-order chi connectivity index (χ1) is 14.2. The Labute approximate surface area is 200 Å². The maximum atomic E-state index is 11.1. The monoisotopic (exact) mass is 532 g/mol. The normalized spacial score (nSPS) is 11.5. The quantitative estimate of drug-likeness (QED) is 0.111. The summed E-state index contributed by atoms with van der Waals surface area (Å²) in [7, 11) is -8.05. The fourth-order valence-electron chi connectivity index (χ4n) is 2.19. The zero-order valence-electron chi connectivity index (χ0n) is 19.8. The van der Waals surface area contributed by atoms with Crippen molar-refractivity contribution in [1.29, 1.82) is 0 Å². The first kappa shape index (κ1) is 36.3. The summed E-state index contributed by atoms with van der Waals surface area (Å²) >= 11 is 0. The molecule has 0 atom stereocenters. The molecule has 0 aliphatic heterocycles. The third kappa shape index (κ3) is 30.7. The van der Waals surface area contributed by atoms with E-state index in [4.69, 9.17) is 0 Å². The summed E-state index contributed by atoms with van der Waals surface area (Å²) in [6.07, 6.45) is 11.2. The first-order valence-corrected chi connectivity index (χ1v) is 14.4. The van der Waals surface area contributed by atoms with Crippen LogP contribution < -0.4 is 9.79 Å². The molecule has 0 aromatic rings. The molecule has 0 heterocycles. The van der Waals surface area contributed by atoms with Gasteiger partial charge in [0.25, 0.3) is 15.6 Å². The van der Waals surface area contributed by atoms with Gasteiger partial charge in [0.15, 0.2) is 0 Å². The molecule has 0 spiro atoms. The minimum absolute atomic E-state index is 0. The predicted molar refractivity (Wildman–Crippen MR) is 117 cm³/mol. The molecule has 0 rings (SSSR count). The average Bonchev–Trinajstić information content (AvgIpc) is 2.70. The van der Waals surface area contributed by atoms with Crippen LogP contribution in [-0.4, -0.2) is 26.4 Å². The molecular weight excluding hydrogens is 489 g/mol. The van der Waals surface area contributed by atoms with Crippen molar-refractivity contribution in [3.05, 3.63) is 0 Å². The summed E-state index contributed by atoms with van der Waals surface area (Å²) < 4.78 is 41.0. The van der Waals surface area contributed by atoms with Crippen molar-refractivity contribution in [1.82, 2.24) is 0 Å². The molecule has 0 fully saturated rings. The maximum absolute atomic E-state index is 11.1. The van der Waals surface area contributed by atoms with Crippen molar-refractivity contribution < 1.29 is 53.5 Å². The van der Waals surface area contributed by atoms with Crippen LogP contribution in [0.3, 0.4) is 0 Å². The zero-order valence-corrected chi connectivity index (χ0v) is 22.6. The van der Waals surface area contributed by atoms with Crippen LogP contribution in [0.15, 0.2) is 0 Å². The molecule has 0 bridgehead atoms. The summed E-state index contributed by atoms with van der Waals surface area (Å²) in [6.45, 7) is 9.17. The Morgan fingerprint density at radius 2 is 0.677 bits per heavy atom. The van der Waals surface area contributed by atoms with E-state index in [0.29, 0.717) is 0 Å². The number of unbranched alkanes of at least 4 members (excludes halogenated alkanes) is 8. The van der Waals surface area contributed by atoms with Gasteiger partial charge in [-0.3, -0.25) is 9.13 Å². The number of phosphoric ester groups is 2. The van der Waals surface area contributed by atoms with Crippen LogP contribution in [0.2, 0.25) is 0 Å². The van der Waals surface area contributed by atoms with Crippen molar-refractivity contribution in [2.24, 2.45) is 0 Å². The first-order valence-electron chi connectivity index (χ1n) is 11.4. The zero-order chi connectivity index (χ0) is 23.1. The number of rotatable bonds is 20. The molecule has 0 aliphatic rings. The summed E-state index contributed by atoms with van der Waals surface area (Å²) in [5.74, 6) is 0. The van der Waals surface area contributed by atoms with Crippen molar-refractivity contribution in [3.8, 4) is 0 Å². The molecule has 0 saturated carbocycles. The molecule has 0 saturated heterocycles. The fourth-order valence-corrected chi connectivity index (χ4v) is 3.75. The van der Waals surface area contributed by atoms with Gasteiger partial charge in [-0.15, -0.1) is 0 Å². The van der Waals surface area contributed by atoms with Gasteiger partial charge in [0.05, 0.1) is 26.4 Å². The molecule has 8 nitrogen and oxygen atoms in total. The molecule has 31 heavy (non-hydrogen) atoms. The van der Waals surface area contributed by atoms with E-state index < -0.39 is 15.6 Å². The van der Waals surface area contributed by atoms with Crippen molar-refractivity contribution in [2.45, 2.75) is 105 Å². The van der Waals surface area contributed by atoms with E-state index >= 15 is 0 Å². The third-order valence-corrected chi connectivity index (χ3v) is 5.98. The number of hydrogen-bond donors (Lipinski definition) is 0. The van der Waals surface area contributed by atoms with E-state index in [1.807, 2.05) is 0 Å². The summed E-state index contributed by atoms with van der Waals surface area (Å²) in [5, 5.41) is 0. The number of phosphoric acid groups is 2. The van der Waals surface area contributed by atoms with Crippen LogP contribution in [0.4, 0.5) is 0 Å². The Bertz CT molecular complexity index is 383. The number of hydrogen-bond acceptors (Lipinski definition) is 8. The Morgan fingerprint density at radius 3 is 0.839 bits per heavy atom. The summed E-state index contributed by atoms with van der Waals surface area (Å²) in [6, 6.07) is 0. The van der Waals surface area contributed by atoms with Crippen LogP contribution >= 0.6 is 15.6 Å². The summed E-state index contributed by atoms with van der Waals surface area (Å²) in [5.41, 5.74) is 0. The largest absolute Gasteiger partial charge is 2.00 e.